The molecule has 3 aliphatic heterocycles. The lowest BCUT2D eigenvalue weighted by Gasteiger charge is -2.22. The summed E-state index contributed by atoms with van der Waals surface area (Å²) >= 11 is 0. The summed E-state index contributed by atoms with van der Waals surface area (Å²) in [5, 5.41) is 2.66. The quantitative estimate of drug-likeness (QED) is 0.833. The van der Waals surface area contributed by atoms with Gasteiger partial charge in [0.15, 0.2) is 0 Å². The maximum absolute atomic E-state index is 13.1. The third-order valence-electron chi connectivity index (χ3n) is 4.72. The van der Waals surface area contributed by atoms with E-state index in [1.54, 1.807) is 4.90 Å². The van der Waals surface area contributed by atoms with Crippen LogP contribution >= 0.6 is 24.8 Å². The second-order valence-corrected chi connectivity index (χ2v) is 6.44. The minimum absolute atomic E-state index is 0. The summed E-state index contributed by atoms with van der Waals surface area (Å²) < 4.78 is 26.3. The Morgan fingerprint density at radius 1 is 1.18 bits per heavy atom. The van der Waals surface area contributed by atoms with Crippen molar-refractivity contribution in [2.24, 2.45) is 5.92 Å². The molecule has 0 aromatic carbocycles. The predicted octanol–water partition coefficient (Wildman–Crippen LogP) is 1.77. The summed E-state index contributed by atoms with van der Waals surface area (Å²) in [6.07, 6.45) is 3.21. The van der Waals surface area contributed by atoms with Gasteiger partial charge in [0.25, 0.3) is 5.92 Å². The smallest absolute Gasteiger partial charge is 0.262 e. The first-order valence-electron chi connectivity index (χ1n) is 7.66. The molecule has 2 unspecified atom stereocenters. The van der Waals surface area contributed by atoms with Crippen molar-refractivity contribution in [2.45, 2.75) is 37.6 Å². The topological polar surface area (TPSA) is 35.6 Å². The Bertz CT molecular complexity index is 381. The van der Waals surface area contributed by atoms with Crippen molar-refractivity contribution < 1.29 is 13.6 Å². The molecule has 3 rings (SSSR count). The molecular weight excluding hydrogens is 335 g/mol. The van der Waals surface area contributed by atoms with Gasteiger partial charge in [0.2, 0.25) is 5.91 Å². The first-order valence-corrected chi connectivity index (χ1v) is 7.66. The largest absolute Gasteiger partial charge is 0.341 e. The Balaban J connectivity index is 0.00000121. The van der Waals surface area contributed by atoms with E-state index in [9.17, 15) is 13.6 Å². The van der Waals surface area contributed by atoms with Gasteiger partial charge >= 0.3 is 0 Å². The standard InChI is InChI=1S/C14H23F2N3O.2ClH/c15-14(16)7-12(17-10-14)13(20)19-6-3-11(9-19)8-18-4-1-2-5-18;;/h11-12,17H,1-10H2;2*1H. The molecule has 0 saturated carbocycles. The summed E-state index contributed by atoms with van der Waals surface area (Å²) in [6.45, 7) is 4.48. The fraction of sp³-hybridized carbons (Fsp3) is 0.929. The average molecular weight is 360 g/mol. The molecule has 0 aromatic rings. The van der Waals surface area contributed by atoms with Gasteiger partial charge in [-0.25, -0.2) is 8.78 Å². The van der Waals surface area contributed by atoms with Gasteiger partial charge < -0.3 is 9.80 Å². The highest BCUT2D eigenvalue weighted by molar-refractivity contribution is 5.85. The van der Waals surface area contributed by atoms with Crippen molar-refractivity contribution in [3.63, 3.8) is 0 Å². The molecule has 8 heteroatoms. The van der Waals surface area contributed by atoms with Crippen molar-refractivity contribution in [1.82, 2.24) is 15.1 Å². The SMILES string of the molecule is Cl.Cl.O=C(C1CC(F)(F)CN1)N1CCC(CN2CCCC2)C1. The molecule has 0 spiro atoms. The molecule has 130 valence electrons. The number of carbonyl (C=O) groups excluding carboxylic acids is 1. The number of halogens is 4. The second-order valence-electron chi connectivity index (χ2n) is 6.44. The number of amides is 1. The van der Waals surface area contributed by atoms with Gasteiger partial charge in [-0.1, -0.05) is 0 Å². The zero-order valence-corrected chi connectivity index (χ0v) is 14.2. The Labute approximate surface area is 142 Å². The van der Waals surface area contributed by atoms with Gasteiger partial charge in [-0.15, -0.1) is 24.8 Å². The maximum Gasteiger partial charge on any atom is 0.262 e. The molecule has 3 heterocycles. The van der Waals surface area contributed by atoms with E-state index >= 15 is 0 Å². The van der Waals surface area contributed by atoms with E-state index in [1.165, 1.54) is 25.9 Å². The van der Waals surface area contributed by atoms with E-state index in [-0.39, 0.29) is 43.7 Å². The van der Waals surface area contributed by atoms with Crippen LogP contribution in [-0.2, 0) is 4.79 Å². The Morgan fingerprint density at radius 2 is 1.86 bits per heavy atom. The molecular formula is C14H25Cl2F2N3O. The highest BCUT2D eigenvalue weighted by Crippen LogP contribution is 2.28. The first-order chi connectivity index (χ1) is 9.53. The second kappa shape index (κ2) is 8.08. The van der Waals surface area contributed by atoms with Gasteiger partial charge in [-0.3, -0.25) is 10.1 Å². The molecule has 3 aliphatic rings. The number of carbonyl (C=O) groups is 1. The van der Waals surface area contributed by atoms with Gasteiger partial charge in [-0.2, -0.15) is 0 Å². The van der Waals surface area contributed by atoms with Crippen molar-refractivity contribution in [1.29, 1.82) is 0 Å². The van der Waals surface area contributed by atoms with E-state index in [0.717, 1.165) is 26.1 Å². The molecule has 3 fully saturated rings. The monoisotopic (exact) mass is 359 g/mol. The van der Waals surface area contributed by atoms with Crippen LogP contribution in [0.1, 0.15) is 25.7 Å². The predicted molar refractivity (Wildman–Crippen MR) is 86.2 cm³/mol. The lowest BCUT2D eigenvalue weighted by atomic mass is 10.1. The molecule has 1 amide bonds. The number of alkyl halides is 2. The summed E-state index contributed by atoms with van der Waals surface area (Å²) in [7, 11) is 0. The lowest BCUT2D eigenvalue weighted by Crippen LogP contribution is -2.42. The van der Waals surface area contributed by atoms with Crippen molar-refractivity contribution in [3.8, 4) is 0 Å². The fourth-order valence-electron chi connectivity index (χ4n) is 3.62. The molecule has 4 nitrogen and oxygen atoms in total. The molecule has 2 atom stereocenters. The van der Waals surface area contributed by atoms with E-state index in [2.05, 4.69) is 10.2 Å². The fourth-order valence-corrected chi connectivity index (χ4v) is 3.62. The van der Waals surface area contributed by atoms with Crippen LogP contribution in [0, 0.1) is 5.92 Å². The van der Waals surface area contributed by atoms with E-state index < -0.39 is 12.0 Å². The number of hydrogen-bond acceptors (Lipinski definition) is 3. The summed E-state index contributed by atoms with van der Waals surface area (Å²) in [5.41, 5.74) is 0. The highest BCUT2D eigenvalue weighted by Gasteiger charge is 2.44. The van der Waals surface area contributed by atoms with Crippen LogP contribution in [0.15, 0.2) is 0 Å². The van der Waals surface area contributed by atoms with Gasteiger partial charge in [0, 0.05) is 26.1 Å². The maximum atomic E-state index is 13.1. The molecule has 22 heavy (non-hydrogen) atoms. The third kappa shape index (κ3) is 4.66. The van der Waals surface area contributed by atoms with Crippen LogP contribution in [0.2, 0.25) is 0 Å². The van der Waals surface area contributed by atoms with E-state index in [4.69, 9.17) is 0 Å². The van der Waals surface area contributed by atoms with Crippen LogP contribution < -0.4 is 5.32 Å². The van der Waals surface area contributed by atoms with Crippen LogP contribution in [-0.4, -0.2) is 66.9 Å². The molecule has 0 aliphatic carbocycles. The number of hydrogen-bond donors (Lipinski definition) is 1. The van der Waals surface area contributed by atoms with Crippen molar-refractivity contribution >= 4 is 30.7 Å². The van der Waals surface area contributed by atoms with E-state index in [0.29, 0.717) is 5.92 Å². The average Bonchev–Trinajstić information content (AvgIpc) is 3.10. The van der Waals surface area contributed by atoms with Crippen LogP contribution in [0.4, 0.5) is 8.78 Å². The van der Waals surface area contributed by atoms with Gasteiger partial charge in [-0.05, 0) is 38.3 Å². The first kappa shape index (κ1) is 19.9. The van der Waals surface area contributed by atoms with Crippen LogP contribution in [0.25, 0.3) is 0 Å². The van der Waals surface area contributed by atoms with Gasteiger partial charge in [0.1, 0.15) is 0 Å². The normalized spacial score (nSPS) is 30.9. The minimum Gasteiger partial charge on any atom is -0.341 e. The molecule has 0 radical (unpaired) electrons. The third-order valence-corrected chi connectivity index (χ3v) is 4.72. The van der Waals surface area contributed by atoms with E-state index in [1.807, 2.05) is 0 Å². The van der Waals surface area contributed by atoms with Crippen LogP contribution in [0.5, 0.6) is 0 Å². The van der Waals surface area contributed by atoms with Crippen molar-refractivity contribution in [2.75, 3.05) is 39.3 Å². The van der Waals surface area contributed by atoms with Crippen LogP contribution in [0.3, 0.4) is 0 Å². The van der Waals surface area contributed by atoms with Crippen molar-refractivity contribution in [3.05, 3.63) is 0 Å². The summed E-state index contributed by atoms with van der Waals surface area (Å²) in [4.78, 5) is 16.5. The Hall–Kier alpha value is -0.170. The molecule has 1 N–H and O–H groups in total. The zero-order valence-electron chi connectivity index (χ0n) is 12.6. The number of likely N-dealkylation sites (tertiary alicyclic amines) is 2. The number of rotatable bonds is 3. The molecule has 3 saturated heterocycles. The zero-order chi connectivity index (χ0) is 14.2. The van der Waals surface area contributed by atoms with Gasteiger partial charge in [0.05, 0.1) is 12.6 Å². The minimum atomic E-state index is -2.73. The lowest BCUT2D eigenvalue weighted by molar-refractivity contribution is -0.132. The molecule has 0 bridgehead atoms. The number of nitrogens with one attached hydrogen (secondary N) is 1. The summed E-state index contributed by atoms with van der Waals surface area (Å²) in [6, 6.07) is -0.685. The summed E-state index contributed by atoms with van der Waals surface area (Å²) in [5.74, 6) is -2.35. The number of nitrogens with zero attached hydrogens (tertiary/aromatic N) is 2. The highest BCUT2D eigenvalue weighted by atomic mass is 35.5. The molecule has 0 aromatic heterocycles. The Kier molecular flexibility index (Phi) is 7.30. The Morgan fingerprint density at radius 3 is 2.45 bits per heavy atom.